The molecule has 1 heterocycles. The predicted octanol–water partition coefficient (Wildman–Crippen LogP) is 2.27. The Hall–Kier alpha value is -3.15. The number of hydrogen-bond donors (Lipinski definition) is 2. The molecule has 2 aromatic carbocycles. The standard InChI is InChI=1S/C16H10O6/c17-12(18)7-11-14(16(20)21)15(19)13-9-4-2-1-3-8(9)5-6-10(13)22-11/h1-6H,7H2,(H,17,18)(H,20,21). The number of carboxylic acid groups (broad SMARTS) is 2. The Labute approximate surface area is 123 Å². The van der Waals surface area contributed by atoms with Gasteiger partial charge in [-0.25, -0.2) is 4.79 Å². The first-order valence-corrected chi connectivity index (χ1v) is 6.41. The first-order chi connectivity index (χ1) is 10.5. The molecule has 0 aliphatic carbocycles. The van der Waals surface area contributed by atoms with E-state index in [1.54, 1.807) is 30.3 Å². The van der Waals surface area contributed by atoms with Crippen LogP contribution in [-0.2, 0) is 11.2 Å². The van der Waals surface area contributed by atoms with Crippen LogP contribution in [0.4, 0.5) is 0 Å². The van der Waals surface area contributed by atoms with E-state index in [1.807, 2.05) is 0 Å². The molecule has 22 heavy (non-hydrogen) atoms. The normalized spacial score (nSPS) is 10.9. The van der Waals surface area contributed by atoms with Gasteiger partial charge in [-0.2, -0.15) is 0 Å². The van der Waals surface area contributed by atoms with Crippen molar-refractivity contribution in [1.29, 1.82) is 0 Å². The van der Waals surface area contributed by atoms with E-state index in [2.05, 4.69) is 0 Å². The fourth-order valence-corrected chi connectivity index (χ4v) is 2.48. The Morgan fingerprint density at radius 2 is 1.77 bits per heavy atom. The maximum atomic E-state index is 12.6. The van der Waals surface area contributed by atoms with E-state index in [1.165, 1.54) is 6.07 Å². The van der Waals surface area contributed by atoms with E-state index < -0.39 is 29.4 Å². The molecule has 0 unspecified atom stereocenters. The van der Waals surface area contributed by atoms with Crippen LogP contribution >= 0.6 is 0 Å². The lowest BCUT2D eigenvalue weighted by molar-refractivity contribution is -0.136. The molecule has 0 fully saturated rings. The number of hydrogen-bond acceptors (Lipinski definition) is 4. The number of aliphatic carboxylic acids is 1. The SMILES string of the molecule is O=C(O)Cc1oc2ccc3ccccc3c2c(=O)c1C(=O)O. The van der Waals surface area contributed by atoms with Crippen LogP contribution in [0.2, 0.25) is 0 Å². The van der Waals surface area contributed by atoms with Crippen molar-refractivity contribution in [2.45, 2.75) is 6.42 Å². The summed E-state index contributed by atoms with van der Waals surface area (Å²) in [5.74, 6) is -3.13. The van der Waals surface area contributed by atoms with Crippen molar-refractivity contribution in [3.8, 4) is 0 Å². The van der Waals surface area contributed by atoms with E-state index in [4.69, 9.17) is 9.52 Å². The van der Waals surface area contributed by atoms with Gasteiger partial charge in [0.05, 0.1) is 5.39 Å². The third-order valence-electron chi connectivity index (χ3n) is 3.38. The molecular formula is C16H10O6. The maximum Gasteiger partial charge on any atom is 0.343 e. The molecule has 0 atom stereocenters. The van der Waals surface area contributed by atoms with Gasteiger partial charge in [-0.05, 0) is 16.8 Å². The Kier molecular flexibility index (Phi) is 3.14. The molecule has 3 rings (SSSR count). The van der Waals surface area contributed by atoms with Crippen molar-refractivity contribution in [3.05, 3.63) is 57.9 Å². The number of carboxylic acids is 2. The second-order valence-electron chi connectivity index (χ2n) is 4.76. The van der Waals surface area contributed by atoms with Crippen molar-refractivity contribution in [2.75, 3.05) is 0 Å². The molecular weight excluding hydrogens is 288 g/mol. The molecule has 1 aromatic heterocycles. The number of carbonyl (C=O) groups is 2. The van der Waals surface area contributed by atoms with E-state index in [-0.39, 0.29) is 16.7 Å². The Morgan fingerprint density at radius 3 is 2.45 bits per heavy atom. The highest BCUT2D eigenvalue weighted by atomic mass is 16.4. The highest BCUT2D eigenvalue weighted by Crippen LogP contribution is 2.25. The van der Waals surface area contributed by atoms with Gasteiger partial charge in [0.1, 0.15) is 23.3 Å². The number of rotatable bonds is 3. The summed E-state index contributed by atoms with van der Waals surface area (Å²) in [5, 5.41) is 19.6. The minimum Gasteiger partial charge on any atom is -0.481 e. The van der Waals surface area contributed by atoms with Crippen LogP contribution in [0.25, 0.3) is 21.7 Å². The van der Waals surface area contributed by atoms with Gasteiger partial charge < -0.3 is 14.6 Å². The molecule has 0 amide bonds. The monoisotopic (exact) mass is 298 g/mol. The fraction of sp³-hybridized carbons (Fsp3) is 0.0625. The zero-order valence-corrected chi connectivity index (χ0v) is 11.2. The largest absolute Gasteiger partial charge is 0.481 e. The van der Waals surface area contributed by atoms with Crippen molar-refractivity contribution in [2.24, 2.45) is 0 Å². The molecule has 6 heteroatoms. The van der Waals surface area contributed by atoms with Gasteiger partial charge in [-0.15, -0.1) is 0 Å². The number of benzene rings is 2. The molecule has 0 saturated carbocycles. The molecule has 0 aliphatic rings. The molecule has 0 spiro atoms. The zero-order chi connectivity index (χ0) is 15.9. The molecule has 2 N–H and O–H groups in total. The summed E-state index contributed by atoms with van der Waals surface area (Å²) in [6.45, 7) is 0. The average Bonchev–Trinajstić information content (AvgIpc) is 2.45. The lowest BCUT2D eigenvalue weighted by Crippen LogP contribution is -2.20. The molecule has 0 saturated heterocycles. The highest BCUT2D eigenvalue weighted by molar-refractivity contribution is 6.07. The van der Waals surface area contributed by atoms with Gasteiger partial charge in [-0.3, -0.25) is 9.59 Å². The predicted molar refractivity (Wildman–Crippen MR) is 78.3 cm³/mol. The van der Waals surface area contributed by atoms with Gasteiger partial charge in [0, 0.05) is 0 Å². The van der Waals surface area contributed by atoms with Gasteiger partial charge in [-0.1, -0.05) is 30.3 Å². The second-order valence-corrected chi connectivity index (χ2v) is 4.76. The van der Waals surface area contributed by atoms with Crippen LogP contribution in [0.15, 0.2) is 45.6 Å². The quantitative estimate of drug-likeness (QED) is 0.719. The minimum absolute atomic E-state index is 0.143. The molecule has 0 radical (unpaired) electrons. The zero-order valence-electron chi connectivity index (χ0n) is 11.2. The third kappa shape index (κ3) is 2.10. The van der Waals surface area contributed by atoms with Gasteiger partial charge in [0.25, 0.3) is 0 Å². The molecule has 6 nitrogen and oxygen atoms in total. The Balaban J connectivity index is 2.49. The van der Waals surface area contributed by atoms with Crippen molar-refractivity contribution in [3.63, 3.8) is 0 Å². The van der Waals surface area contributed by atoms with Gasteiger partial charge in [0.15, 0.2) is 0 Å². The summed E-state index contributed by atoms with van der Waals surface area (Å²) in [7, 11) is 0. The van der Waals surface area contributed by atoms with Crippen LogP contribution in [-0.4, -0.2) is 22.2 Å². The van der Waals surface area contributed by atoms with Crippen LogP contribution in [0.3, 0.4) is 0 Å². The molecule has 110 valence electrons. The summed E-state index contributed by atoms with van der Waals surface area (Å²) >= 11 is 0. The van der Waals surface area contributed by atoms with Gasteiger partial charge >= 0.3 is 11.9 Å². The van der Waals surface area contributed by atoms with Crippen LogP contribution in [0, 0.1) is 0 Å². The summed E-state index contributed by atoms with van der Waals surface area (Å²) in [4.78, 5) is 34.8. The third-order valence-corrected chi connectivity index (χ3v) is 3.38. The first-order valence-electron chi connectivity index (χ1n) is 6.41. The van der Waals surface area contributed by atoms with Gasteiger partial charge in [0.2, 0.25) is 5.43 Å². The molecule has 0 aliphatic heterocycles. The summed E-state index contributed by atoms with van der Waals surface area (Å²) in [6.07, 6.45) is -0.667. The first kappa shape index (κ1) is 13.8. The Bertz CT molecular complexity index is 983. The van der Waals surface area contributed by atoms with E-state index >= 15 is 0 Å². The topological polar surface area (TPSA) is 105 Å². The van der Waals surface area contributed by atoms with Crippen molar-refractivity contribution < 1.29 is 24.2 Å². The lowest BCUT2D eigenvalue weighted by atomic mass is 10.0. The average molecular weight is 298 g/mol. The summed E-state index contributed by atoms with van der Waals surface area (Å²) in [6, 6.07) is 10.3. The summed E-state index contributed by atoms with van der Waals surface area (Å²) in [5.41, 5.74) is -1.20. The van der Waals surface area contributed by atoms with E-state index in [0.29, 0.717) is 5.39 Å². The van der Waals surface area contributed by atoms with Crippen LogP contribution < -0.4 is 5.43 Å². The van der Waals surface area contributed by atoms with E-state index in [0.717, 1.165) is 5.39 Å². The smallest absolute Gasteiger partial charge is 0.343 e. The van der Waals surface area contributed by atoms with E-state index in [9.17, 15) is 19.5 Å². The van der Waals surface area contributed by atoms with Crippen molar-refractivity contribution >= 4 is 33.7 Å². The van der Waals surface area contributed by atoms with Crippen molar-refractivity contribution in [1.82, 2.24) is 0 Å². The highest BCUT2D eigenvalue weighted by Gasteiger charge is 2.23. The van der Waals surface area contributed by atoms with Crippen LogP contribution in [0.1, 0.15) is 16.1 Å². The fourth-order valence-electron chi connectivity index (χ4n) is 2.48. The maximum absolute atomic E-state index is 12.6. The summed E-state index contributed by atoms with van der Waals surface area (Å²) < 4.78 is 5.39. The second kappa shape index (κ2) is 5.00. The minimum atomic E-state index is -1.50. The Morgan fingerprint density at radius 1 is 1.05 bits per heavy atom. The number of aromatic carboxylic acids is 1. The molecule has 3 aromatic rings. The number of fused-ring (bicyclic) bond motifs is 3. The van der Waals surface area contributed by atoms with Crippen LogP contribution in [0.5, 0.6) is 0 Å². The lowest BCUT2D eigenvalue weighted by Gasteiger charge is -2.07. The molecule has 0 bridgehead atoms.